The highest BCUT2D eigenvalue weighted by atomic mass is 16.5. The van der Waals surface area contributed by atoms with Crippen LogP contribution in [0.5, 0.6) is 5.75 Å². The van der Waals surface area contributed by atoms with Crippen molar-refractivity contribution in [3.8, 4) is 5.75 Å². The van der Waals surface area contributed by atoms with Crippen LogP contribution in [-0.4, -0.2) is 63.4 Å². The highest BCUT2D eigenvalue weighted by Crippen LogP contribution is 2.20. The Bertz CT molecular complexity index is 809. The highest BCUT2D eigenvalue weighted by Gasteiger charge is 2.16. The second-order valence-electron chi connectivity index (χ2n) is 8.12. The number of piperazine rings is 1. The molecule has 2 aromatic carbocycles. The molecule has 1 N–H and O–H groups in total. The number of ether oxygens (including phenoxy) is 2. The van der Waals surface area contributed by atoms with Crippen molar-refractivity contribution >= 4 is 17.3 Å². The standard InChI is InChI=1S/C24H31N3O3/c1-26-13-15-27(16-14-26)21-9-5-19(6-10-21)24(28)25-20-7-11-22(12-8-20)30-18-23-4-2-3-17-29-23/h5-12,23H,2-4,13-18H2,1H3,(H,25,28). The number of carbonyl (C=O) groups is 1. The Morgan fingerprint density at radius 2 is 1.77 bits per heavy atom. The number of hydrogen-bond donors (Lipinski definition) is 1. The summed E-state index contributed by atoms with van der Waals surface area (Å²) < 4.78 is 11.5. The van der Waals surface area contributed by atoms with E-state index < -0.39 is 0 Å². The Balaban J connectivity index is 1.28. The van der Waals surface area contributed by atoms with E-state index in [0.29, 0.717) is 12.2 Å². The number of nitrogens with zero attached hydrogens (tertiary/aromatic N) is 2. The van der Waals surface area contributed by atoms with Gasteiger partial charge in [0.2, 0.25) is 0 Å². The van der Waals surface area contributed by atoms with Gasteiger partial charge in [-0.1, -0.05) is 0 Å². The van der Waals surface area contributed by atoms with Gasteiger partial charge in [0.15, 0.2) is 0 Å². The first-order valence-electron chi connectivity index (χ1n) is 10.9. The molecule has 1 amide bonds. The topological polar surface area (TPSA) is 54.0 Å². The zero-order valence-corrected chi connectivity index (χ0v) is 17.7. The van der Waals surface area contributed by atoms with Crippen LogP contribution in [0.4, 0.5) is 11.4 Å². The maximum Gasteiger partial charge on any atom is 0.255 e. The molecule has 2 heterocycles. The molecule has 2 fully saturated rings. The molecule has 1 atom stereocenters. The zero-order chi connectivity index (χ0) is 20.8. The number of benzene rings is 2. The van der Waals surface area contributed by atoms with Crippen LogP contribution in [0.1, 0.15) is 29.6 Å². The van der Waals surface area contributed by atoms with Crippen molar-refractivity contribution in [2.24, 2.45) is 0 Å². The Morgan fingerprint density at radius 3 is 2.43 bits per heavy atom. The molecular formula is C24H31N3O3. The van der Waals surface area contributed by atoms with E-state index in [4.69, 9.17) is 9.47 Å². The molecule has 0 spiro atoms. The lowest BCUT2D eigenvalue weighted by molar-refractivity contribution is -0.0110. The Morgan fingerprint density at radius 1 is 1.03 bits per heavy atom. The third-order valence-electron chi connectivity index (χ3n) is 5.82. The molecule has 6 heteroatoms. The summed E-state index contributed by atoms with van der Waals surface area (Å²) in [7, 11) is 2.15. The molecule has 6 nitrogen and oxygen atoms in total. The minimum absolute atomic E-state index is 0.107. The molecule has 0 aliphatic carbocycles. The van der Waals surface area contributed by atoms with Crippen molar-refractivity contribution in [2.45, 2.75) is 25.4 Å². The van der Waals surface area contributed by atoms with Gasteiger partial charge in [-0.3, -0.25) is 4.79 Å². The lowest BCUT2D eigenvalue weighted by Crippen LogP contribution is -2.44. The van der Waals surface area contributed by atoms with E-state index in [1.54, 1.807) is 0 Å². The van der Waals surface area contributed by atoms with Crippen LogP contribution in [0.15, 0.2) is 48.5 Å². The van der Waals surface area contributed by atoms with Crippen LogP contribution in [0, 0.1) is 0 Å². The SMILES string of the molecule is CN1CCN(c2ccc(C(=O)Nc3ccc(OCC4CCCCO4)cc3)cc2)CC1. The molecule has 2 aromatic rings. The summed E-state index contributed by atoms with van der Waals surface area (Å²) >= 11 is 0. The van der Waals surface area contributed by atoms with Crippen LogP contribution in [-0.2, 0) is 4.74 Å². The van der Waals surface area contributed by atoms with Gasteiger partial charge in [-0.15, -0.1) is 0 Å². The number of nitrogens with one attached hydrogen (secondary N) is 1. The van der Waals surface area contributed by atoms with E-state index in [1.165, 1.54) is 12.1 Å². The maximum atomic E-state index is 12.6. The van der Waals surface area contributed by atoms with Crippen LogP contribution < -0.4 is 15.0 Å². The summed E-state index contributed by atoms with van der Waals surface area (Å²) in [6.45, 7) is 5.57. The number of likely N-dealkylation sites (N-methyl/N-ethyl adjacent to an activating group) is 1. The summed E-state index contributed by atoms with van der Waals surface area (Å²) in [5, 5.41) is 2.96. The number of hydrogen-bond acceptors (Lipinski definition) is 5. The molecule has 0 saturated carbocycles. The number of amides is 1. The molecule has 2 aliphatic rings. The minimum Gasteiger partial charge on any atom is -0.491 e. The van der Waals surface area contributed by atoms with Crippen molar-refractivity contribution in [1.29, 1.82) is 0 Å². The van der Waals surface area contributed by atoms with Crippen LogP contribution >= 0.6 is 0 Å². The maximum absolute atomic E-state index is 12.6. The Labute approximate surface area is 178 Å². The van der Waals surface area contributed by atoms with Gasteiger partial charge in [0.1, 0.15) is 12.4 Å². The first-order chi connectivity index (χ1) is 14.7. The fraction of sp³-hybridized carbons (Fsp3) is 0.458. The van der Waals surface area contributed by atoms with E-state index in [1.807, 2.05) is 48.5 Å². The van der Waals surface area contributed by atoms with Crippen molar-refractivity contribution in [2.75, 3.05) is 56.7 Å². The average molecular weight is 410 g/mol. The van der Waals surface area contributed by atoms with Gasteiger partial charge < -0.3 is 24.6 Å². The van der Waals surface area contributed by atoms with E-state index in [-0.39, 0.29) is 12.0 Å². The van der Waals surface area contributed by atoms with Crippen molar-refractivity contribution < 1.29 is 14.3 Å². The lowest BCUT2D eigenvalue weighted by Gasteiger charge is -2.34. The quantitative estimate of drug-likeness (QED) is 0.790. The van der Waals surface area contributed by atoms with Gasteiger partial charge in [0.25, 0.3) is 5.91 Å². The first kappa shape index (κ1) is 20.7. The second kappa shape index (κ2) is 9.96. The van der Waals surface area contributed by atoms with Crippen LogP contribution in [0.2, 0.25) is 0 Å². The minimum atomic E-state index is -0.107. The van der Waals surface area contributed by atoms with Crippen molar-refractivity contribution in [3.05, 3.63) is 54.1 Å². The van der Waals surface area contributed by atoms with Gasteiger partial charge in [-0.25, -0.2) is 0 Å². The Kier molecular flexibility index (Phi) is 6.87. The summed E-state index contributed by atoms with van der Waals surface area (Å²) in [5.41, 5.74) is 2.58. The lowest BCUT2D eigenvalue weighted by atomic mass is 10.1. The predicted octanol–water partition coefficient (Wildman–Crippen LogP) is 3.64. The van der Waals surface area contributed by atoms with Crippen LogP contribution in [0.25, 0.3) is 0 Å². The first-order valence-corrected chi connectivity index (χ1v) is 10.9. The molecule has 4 rings (SSSR count). The largest absolute Gasteiger partial charge is 0.491 e. The van der Waals surface area contributed by atoms with Crippen LogP contribution in [0.3, 0.4) is 0 Å². The number of rotatable bonds is 6. The van der Waals surface area contributed by atoms with E-state index in [0.717, 1.165) is 57.1 Å². The summed E-state index contributed by atoms with van der Waals surface area (Å²) in [5.74, 6) is 0.683. The molecule has 0 bridgehead atoms. The van der Waals surface area contributed by atoms with Crippen molar-refractivity contribution in [3.63, 3.8) is 0 Å². The molecule has 160 valence electrons. The predicted molar refractivity (Wildman–Crippen MR) is 120 cm³/mol. The third-order valence-corrected chi connectivity index (χ3v) is 5.82. The number of anilines is 2. The van der Waals surface area contributed by atoms with Gasteiger partial charge in [0, 0.05) is 49.7 Å². The van der Waals surface area contributed by atoms with Gasteiger partial charge in [0.05, 0.1) is 6.10 Å². The fourth-order valence-corrected chi connectivity index (χ4v) is 3.85. The smallest absolute Gasteiger partial charge is 0.255 e. The second-order valence-corrected chi connectivity index (χ2v) is 8.12. The Hall–Kier alpha value is -2.57. The molecule has 30 heavy (non-hydrogen) atoms. The van der Waals surface area contributed by atoms with E-state index in [9.17, 15) is 4.79 Å². The van der Waals surface area contributed by atoms with E-state index >= 15 is 0 Å². The summed E-state index contributed by atoms with van der Waals surface area (Å²) in [4.78, 5) is 17.3. The van der Waals surface area contributed by atoms with E-state index in [2.05, 4.69) is 22.2 Å². The molecule has 0 aromatic heterocycles. The van der Waals surface area contributed by atoms with Crippen molar-refractivity contribution in [1.82, 2.24) is 4.90 Å². The van der Waals surface area contributed by atoms with Gasteiger partial charge >= 0.3 is 0 Å². The highest BCUT2D eigenvalue weighted by molar-refractivity contribution is 6.04. The summed E-state index contributed by atoms with van der Waals surface area (Å²) in [6.07, 6.45) is 3.59. The molecule has 2 aliphatic heterocycles. The van der Waals surface area contributed by atoms with Gasteiger partial charge in [-0.2, -0.15) is 0 Å². The monoisotopic (exact) mass is 409 g/mol. The summed E-state index contributed by atoms with van der Waals surface area (Å²) in [6, 6.07) is 15.4. The normalized spacial score (nSPS) is 20.0. The average Bonchev–Trinajstić information content (AvgIpc) is 2.80. The molecular weight excluding hydrogens is 378 g/mol. The van der Waals surface area contributed by atoms with Gasteiger partial charge in [-0.05, 0) is 74.8 Å². The number of carbonyl (C=O) groups excluding carboxylic acids is 1. The molecule has 1 unspecified atom stereocenters. The molecule has 2 saturated heterocycles. The zero-order valence-electron chi connectivity index (χ0n) is 17.7. The fourth-order valence-electron chi connectivity index (χ4n) is 3.85. The molecule has 0 radical (unpaired) electrons. The third kappa shape index (κ3) is 5.52.